The molecule has 34 heavy (non-hydrogen) atoms. The number of benzene rings is 3. The zero-order chi connectivity index (χ0) is 24.7. The molecule has 0 unspecified atom stereocenters. The van der Waals surface area contributed by atoms with Gasteiger partial charge in [-0.05, 0) is 17.2 Å². The topological polar surface area (TPSA) is 72.5 Å². The van der Waals surface area contributed by atoms with E-state index in [0.717, 1.165) is 12.1 Å². The number of nitrogens with one attached hydrogen (secondary N) is 1. The minimum atomic E-state index is -4.52. The van der Waals surface area contributed by atoms with Crippen LogP contribution in [0.1, 0.15) is 32.6 Å². The molecule has 0 aliphatic heterocycles. The Kier molecular flexibility index (Phi) is 7.83. The quantitative estimate of drug-likeness (QED) is 0.393. The van der Waals surface area contributed by atoms with Crippen molar-refractivity contribution in [2.45, 2.75) is 25.1 Å². The Labute approximate surface area is 194 Å². The fraction of sp³-hybridized carbons (Fsp3) is 0.192. The van der Waals surface area contributed by atoms with Crippen LogP contribution in [0.5, 0.6) is 0 Å². The highest BCUT2D eigenvalue weighted by Crippen LogP contribution is 2.29. The van der Waals surface area contributed by atoms with Gasteiger partial charge >= 0.3 is 12.1 Å². The predicted octanol–water partition coefficient (Wildman–Crippen LogP) is 4.38. The minimum absolute atomic E-state index is 0.0841. The highest BCUT2D eigenvalue weighted by molar-refractivity contribution is 6.08. The summed E-state index contributed by atoms with van der Waals surface area (Å²) in [6.45, 7) is 0. The summed E-state index contributed by atoms with van der Waals surface area (Å²) >= 11 is 0. The van der Waals surface area contributed by atoms with Gasteiger partial charge < -0.3 is 10.1 Å². The van der Waals surface area contributed by atoms with Gasteiger partial charge in [-0.25, -0.2) is 4.79 Å². The number of halogens is 3. The molecule has 3 aromatic rings. The molecular weight excluding hydrogens is 447 g/mol. The normalized spacial score (nSPS) is 12.0. The number of amides is 1. The van der Waals surface area contributed by atoms with E-state index in [1.165, 1.54) is 19.2 Å². The fourth-order valence-corrected chi connectivity index (χ4v) is 3.41. The Morgan fingerprint density at radius 3 is 2.12 bits per heavy atom. The van der Waals surface area contributed by atoms with Crippen LogP contribution in [0.2, 0.25) is 0 Å². The van der Waals surface area contributed by atoms with Gasteiger partial charge in [0.2, 0.25) is 5.91 Å². The smallest absolute Gasteiger partial charge is 0.416 e. The van der Waals surface area contributed by atoms with Crippen LogP contribution in [0.4, 0.5) is 13.2 Å². The zero-order valence-electron chi connectivity index (χ0n) is 18.3. The number of carbonyl (C=O) groups excluding carboxylic acids is 3. The first-order chi connectivity index (χ1) is 16.2. The number of hydrogen-bond donors (Lipinski definition) is 1. The average molecular weight is 469 g/mol. The van der Waals surface area contributed by atoms with Gasteiger partial charge in [0, 0.05) is 17.5 Å². The van der Waals surface area contributed by atoms with Crippen molar-refractivity contribution in [3.63, 3.8) is 0 Å². The summed E-state index contributed by atoms with van der Waals surface area (Å²) in [5, 5.41) is 2.52. The van der Waals surface area contributed by atoms with Crippen LogP contribution in [-0.4, -0.2) is 30.8 Å². The third-order valence-corrected chi connectivity index (χ3v) is 5.13. The lowest BCUT2D eigenvalue weighted by atomic mass is 9.99. The maximum Gasteiger partial charge on any atom is 0.416 e. The molecule has 0 radical (unpaired) electrons. The van der Waals surface area contributed by atoms with Gasteiger partial charge in [0.1, 0.15) is 6.04 Å². The van der Waals surface area contributed by atoms with Crippen molar-refractivity contribution in [1.82, 2.24) is 5.32 Å². The third-order valence-electron chi connectivity index (χ3n) is 5.13. The molecule has 0 saturated carbocycles. The first-order valence-corrected chi connectivity index (χ1v) is 10.4. The summed E-state index contributed by atoms with van der Waals surface area (Å²) in [4.78, 5) is 37.2. The van der Waals surface area contributed by atoms with Gasteiger partial charge in [-0.1, -0.05) is 72.8 Å². The van der Waals surface area contributed by atoms with Gasteiger partial charge in [0.15, 0.2) is 5.78 Å². The Morgan fingerprint density at radius 1 is 0.853 bits per heavy atom. The van der Waals surface area contributed by atoms with E-state index >= 15 is 0 Å². The second-order valence-corrected chi connectivity index (χ2v) is 7.61. The molecule has 0 saturated heterocycles. The monoisotopic (exact) mass is 469 g/mol. The number of esters is 1. The first kappa shape index (κ1) is 24.7. The number of alkyl halides is 3. The van der Waals surface area contributed by atoms with E-state index in [9.17, 15) is 27.6 Å². The number of rotatable bonds is 8. The van der Waals surface area contributed by atoms with E-state index in [0.29, 0.717) is 16.7 Å². The van der Waals surface area contributed by atoms with Crippen molar-refractivity contribution < 1.29 is 32.3 Å². The lowest BCUT2D eigenvalue weighted by Crippen LogP contribution is -2.43. The Balaban J connectivity index is 1.68. The maximum absolute atomic E-state index is 12.9. The summed E-state index contributed by atoms with van der Waals surface area (Å²) < 4.78 is 43.5. The number of ether oxygens (including phenoxy) is 1. The Morgan fingerprint density at radius 2 is 1.50 bits per heavy atom. The zero-order valence-corrected chi connectivity index (χ0v) is 18.3. The Hall–Kier alpha value is -3.94. The van der Waals surface area contributed by atoms with Gasteiger partial charge in [-0.15, -0.1) is 0 Å². The molecule has 5 nitrogen and oxygen atoms in total. The van der Waals surface area contributed by atoms with Crippen LogP contribution < -0.4 is 5.32 Å². The molecule has 8 heteroatoms. The van der Waals surface area contributed by atoms with Crippen LogP contribution >= 0.6 is 0 Å². The second kappa shape index (κ2) is 10.8. The molecule has 0 aromatic heterocycles. The maximum atomic E-state index is 12.9. The third kappa shape index (κ3) is 6.54. The van der Waals surface area contributed by atoms with Crippen LogP contribution in [0.15, 0.2) is 78.9 Å². The fourth-order valence-electron chi connectivity index (χ4n) is 3.41. The van der Waals surface area contributed by atoms with E-state index < -0.39 is 29.7 Å². The van der Waals surface area contributed by atoms with E-state index in [2.05, 4.69) is 5.32 Å². The number of methoxy groups -OCH3 is 1. The molecule has 3 rings (SSSR count). The van der Waals surface area contributed by atoms with E-state index in [-0.39, 0.29) is 24.2 Å². The van der Waals surface area contributed by atoms with Gasteiger partial charge in [0.25, 0.3) is 0 Å². The standard InChI is InChI=1S/C26H22F3NO4/c1-34-25(33)22(30-23(31)16-18-6-5-9-21(14-18)26(27,28)29)15-17-10-12-20(13-11-17)24(32)19-7-3-2-4-8-19/h2-14,22H,15-16H2,1H3,(H,30,31)/t22-/m0/s1. The lowest BCUT2D eigenvalue weighted by Gasteiger charge is -2.17. The minimum Gasteiger partial charge on any atom is -0.467 e. The lowest BCUT2D eigenvalue weighted by molar-refractivity contribution is -0.145. The van der Waals surface area contributed by atoms with Crippen molar-refractivity contribution in [1.29, 1.82) is 0 Å². The molecule has 0 fully saturated rings. The van der Waals surface area contributed by atoms with Gasteiger partial charge in [-0.3, -0.25) is 9.59 Å². The average Bonchev–Trinajstić information content (AvgIpc) is 2.83. The van der Waals surface area contributed by atoms with E-state index in [1.807, 2.05) is 6.07 Å². The number of hydrogen-bond acceptors (Lipinski definition) is 4. The van der Waals surface area contributed by atoms with Crippen molar-refractivity contribution in [2.24, 2.45) is 0 Å². The number of ketones is 1. The van der Waals surface area contributed by atoms with E-state index in [4.69, 9.17) is 4.74 Å². The van der Waals surface area contributed by atoms with Crippen LogP contribution in [0.25, 0.3) is 0 Å². The SMILES string of the molecule is COC(=O)[C@H](Cc1ccc(C(=O)c2ccccc2)cc1)NC(=O)Cc1cccc(C(F)(F)F)c1. The van der Waals surface area contributed by atoms with Gasteiger partial charge in [0.05, 0.1) is 19.1 Å². The number of carbonyl (C=O) groups is 3. The molecule has 0 aliphatic carbocycles. The molecule has 1 atom stereocenters. The summed E-state index contributed by atoms with van der Waals surface area (Å²) in [5.41, 5.74) is 0.995. The van der Waals surface area contributed by atoms with Crippen LogP contribution in [0.3, 0.4) is 0 Å². The van der Waals surface area contributed by atoms with Crippen molar-refractivity contribution >= 4 is 17.7 Å². The molecule has 0 spiro atoms. The van der Waals surface area contributed by atoms with Gasteiger partial charge in [-0.2, -0.15) is 13.2 Å². The van der Waals surface area contributed by atoms with Crippen molar-refractivity contribution in [3.05, 3.63) is 107 Å². The highest BCUT2D eigenvalue weighted by atomic mass is 19.4. The summed E-state index contributed by atoms with van der Waals surface area (Å²) in [7, 11) is 1.18. The summed E-state index contributed by atoms with van der Waals surface area (Å²) in [6.07, 6.45) is -4.77. The van der Waals surface area contributed by atoms with Crippen molar-refractivity contribution in [3.8, 4) is 0 Å². The van der Waals surface area contributed by atoms with Crippen LogP contribution in [0, 0.1) is 0 Å². The second-order valence-electron chi connectivity index (χ2n) is 7.61. The predicted molar refractivity (Wildman–Crippen MR) is 119 cm³/mol. The molecule has 0 aliphatic rings. The highest BCUT2D eigenvalue weighted by Gasteiger charge is 2.30. The summed E-state index contributed by atoms with van der Waals surface area (Å²) in [6, 6.07) is 18.8. The molecule has 3 aromatic carbocycles. The molecule has 1 N–H and O–H groups in total. The molecule has 176 valence electrons. The summed E-state index contributed by atoms with van der Waals surface area (Å²) in [5.74, 6) is -1.46. The first-order valence-electron chi connectivity index (χ1n) is 10.4. The molecule has 1 amide bonds. The van der Waals surface area contributed by atoms with Crippen molar-refractivity contribution in [2.75, 3.05) is 7.11 Å². The molecular formula is C26H22F3NO4. The molecule has 0 bridgehead atoms. The largest absolute Gasteiger partial charge is 0.467 e. The molecule has 0 heterocycles. The van der Waals surface area contributed by atoms with Crippen LogP contribution in [-0.2, 0) is 33.3 Å². The van der Waals surface area contributed by atoms with E-state index in [1.54, 1.807) is 48.5 Å². The Bertz CT molecular complexity index is 1160.